The molecule has 2 nitrogen and oxygen atoms in total. The highest BCUT2D eigenvalue weighted by atomic mass is 19.1. The van der Waals surface area contributed by atoms with Gasteiger partial charge in [0.15, 0.2) is 0 Å². The number of anilines is 1. The molecule has 0 aliphatic carbocycles. The molecular weight excluding hydrogens is 253 g/mol. The largest absolute Gasteiger partial charge is 0.494 e. The van der Waals surface area contributed by atoms with Crippen LogP contribution in [0.5, 0.6) is 5.75 Å². The molecule has 0 radical (unpaired) electrons. The first-order valence-corrected chi connectivity index (χ1v) is 6.91. The highest BCUT2D eigenvalue weighted by Crippen LogP contribution is 2.19. The van der Waals surface area contributed by atoms with Gasteiger partial charge in [0.2, 0.25) is 0 Å². The van der Waals surface area contributed by atoms with E-state index in [0.717, 1.165) is 30.0 Å². The maximum atomic E-state index is 13.4. The summed E-state index contributed by atoms with van der Waals surface area (Å²) in [4.78, 5) is 0. The minimum Gasteiger partial charge on any atom is -0.494 e. The van der Waals surface area contributed by atoms with Crippen molar-refractivity contribution in [3.63, 3.8) is 0 Å². The zero-order chi connectivity index (χ0) is 14.4. The first-order valence-electron chi connectivity index (χ1n) is 6.91. The van der Waals surface area contributed by atoms with E-state index < -0.39 is 0 Å². The topological polar surface area (TPSA) is 21.3 Å². The van der Waals surface area contributed by atoms with E-state index in [-0.39, 0.29) is 5.82 Å². The standard InChI is InChI=1S/C17H20FNO/c1-3-11-20-15-9-7-14(8-10-15)12-19-17-6-4-5-16(18)13(17)2/h4-10,19H,3,11-12H2,1-2H3. The quantitative estimate of drug-likeness (QED) is 0.834. The molecular formula is C17H20FNO. The van der Waals surface area contributed by atoms with Gasteiger partial charge in [-0.25, -0.2) is 4.39 Å². The Morgan fingerprint density at radius 2 is 1.85 bits per heavy atom. The Morgan fingerprint density at radius 1 is 1.10 bits per heavy atom. The summed E-state index contributed by atoms with van der Waals surface area (Å²) in [6.45, 7) is 5.26. The summed E-state index contributed by atoms with van der Waals surface area (Å²) in [6, 6.07) is 13.0. The lowest BCUT2D eigenvalue weighted by Crippen LogP contribution is -2.02. The Balaban J connectivity index is 1.95. The average molecular weight is 273 g/mol. The van der Waals surface area contributed by atoms with Crippen molar-refractivity contribution < 1.29 is 9.13 Å². The first-order chi connectivity index (χ1) is 9.70. The molecule has 0 spiro atoms. The number of rotatable bonds is 6. The number of nitrogens with one attached hydrogen (secondary N) is 1. The Kier molecular flexibility index (Phi) is 4.99. The Bertz CT molecular complexity index is 551. The Labute approximate surface area is 119 Å². The van der Waals surface area contributed by atoms with Crippen molar-refractivity contribution in [1.82, 2.24) is 0 Å². The number of hydrogen-bond donors (Lipinski definition) is 1. The maximum absolute atomic E-state index is 13.4. The molecule has 0 bridgehead atoms. The molecule has 1 N–H and O–H groups in total. The molecule has 0 saturated heterocycles. The van der Waals surface area contributed by atoms with E-state index in [0.29, 0.717) is 12.1 Å². The number of halogens is 1. The first kappa shape index (κ1) is 14.4. The van der Waals surface area contributed by atoms with E-state index >= 15 is 0 Å². The van der Waals surface area contributed by atoms with Gasteiger partial charge in [-0.1, -0.05) is 25.1 Å². The number of ether oxygens (including phenoxy) is 1. The zero-order valence-corrected chi connectivity index (χ0v) is 11.9. The van der Waals surface area contributed by atoms with Crippen LogP contribution in [0, 0.1) is 12.7 Å². The molecule has 2 aromatic carbocycles. The van der Waals surface area contributed by atoms with E-state index in [1.165, 1.54) is 6.07 Å². The summed E-state index contributed by atoms with van der Waals surface area (Å²) in [6.07, 6.45) is 1.00. The maximum Gasteiger partial charge on any atom is 0.128 e. The van der Waals surface area contributed by atoms with Gasteiger partial charge in [-0.2, -0.15) is 0 Å². The fraction of sp³-hybridized carbons (Fsp3) is 0.294. The van der Waals surface area contributed by atoms with Gasteiger partial charge < -0.3 is 10.1 Å². The lowest BCUT2D eigenvalue weighted by molar-refractivity contribution is 0.317. The van der Waals surface area contributed by atoms with Crippen molar-refractivity contribution in [2.75, 3.05) is 11.9 Å². The van der Waals surface area contributed by atoms with Crippen molar-refractivity contribution in [2.45, 2.75) is 26.8 Å². The fourth-order valence-corrected chi connectivity index (χ4v) is 1.92. The third-order valence-corrected chi connectivity index (χ3v) is 3.15. The minimum atomic E-state index is -0.182. The van der Waals surface area contributed by atoms with Crippen LogP contribution in [0.2, 0.25) is 0 Å². The summed E-state index contributed by atoms with van der Waals surface area (Å²) < 4.78 is 19.0. The normalized spacial score (nSPS) is 10.3. The third-order valence-electron chi connectivity index (χ3n) is 3.15. The second-order valence-electron chi connectivity index (χ2n) is 4.76. The zero-order valence-electron chi connectivity index (χ0n) is 11.9. The Hall–Kier alpha value is -2.03. The predicted molar refractivity (Wildman–Crippen MR) is 80.7 cm³/mol. The summed E-state index contributed by atoms with van der Waals surface area (Å²) in [7, 11) is 0. The molecule has 2 rings (SSSR count). The van der Waals surface area contributed by atoms with Crippen LogP contribution in [0.4, 0.5) is 10.1 Å². The van der Waals surface area contributed by atoms with E-state index in [9.17, 15) is 4.39 Å². The van der Waals surface area contributed by atoms with Crippen molar-refractivity contribution in [3.05, 3.63) is 59.4 Å². The molecule has 20 heavy (non-hydrogen) atoms. The van der Waals surface area contributed by atoms with Crippen molar-refractivity contribution in [2.24, 2.45) is 0 Å². The van der Waals surface area contributed by atoms with E-state index in [2.05, 4.69) is 12.2 Å². The van der Waals surface area contributed by atoms with Gasteiger partial charge >= 0.3 is 0 Å². The van der Waals surface area contributed by atoms with Crippen LogP contribution in [0.1, 0.15) is 24.5 Å². The van der Waals surface area contributed by atoms with Crippen LogP contribution in [0.25, 0.3) is 0 Å². The van der Waals surface area contributed by atoms with Crippen LogP contribution in [0.3, 0.4) is 0 Å². The van der Waals surface area contributed by atoms with Crippen LogP contribution in [0.15, 0.2) is 42.5 Å². The van der Waals surface area contributed by atoms with Gasteiger partial charge in [-0.15, -0.1) is 0 Å². The second-order valence-corrected chi connectivity index (χ2v) is 4.76. The fourth-order valence-electron chi connectivity index (χ4n) is 1.92. The SMILES string of the molecule is CCCOc1ccc(CNc2cccc(F)c2C)cc1. The molecule has 0 fully saturated rings. The van der Waals surface area contributed by atoms with Crippen LogP contribution < -0.4 is 10.1 Å². The molecule has 2 aromatic rings. The van der Waals surface area contributed by atoms with E-state index in [4.69, 9.17) is 4.74 Å². The lowest BCUT2D eigenvalue weighted by Gasteiger charge is -2.11. The van der Waals surface area contributed by atoms with Gasteiger partial charge in [0, 0.05) is 17.8 Å². The van der Waals surface area contributed by atoms with Gasteiger partial charge in [0.25, 0.3) is 0 Å². The molecule has 0 unspecified atom stereocenters. The second kappa shape index (κ2) is 6.94. The molecule has 3 heteroatoms. The predicted octanol–water partition coefficient (Wildman–Crippen LogP) is 4.54. The monoisotopic (exact) mass is 273 g/mol. The highest BCUT2D eigenvalue weighted by molar-refractivity contribution is 5.51. The summed E-state index contributed by atoms with van der Waals surface area (Å²) in [5.41, 5.74) is 2.62. The van der Waals surface area contributed by atoms with Crippen molar-refractivity contribution in [3.8, 4) is 5.75 Å². The van der Waals surface area contributed by atoms with E-state index in [1.807, 2.05) is 30.3 Å². The van der Waals surface area contributed by atoms with Crippen molar-refractivity contribution >= 4 is 5.69 Å². The van der Waals surface area contributed by atoms with Crippen molar-refractivity contribution in [1.29, 1.82) is 0 Å². The molecule has 0 aliphatic heterocycles. The van der Waals surface area contributed by atoms with Gasteiger partial charge in [-0.05, 0) is 43.2 Å². The summed E-state index contributed by atoms with van der Waals surface area (Å²) in [5.74, 6) is 0.704. The summed E-state index contributed by atoms with van der Waals surface area (Å²) in [5, 5.41) is 3.25. The molecule has 0 aliphatic rings. The summed E-state index contributed by atoms with van der Waals surface area (Å²) >= 11 is 0. The molecule has 0 saturated carbocycles. The molecule has 0 amide bonds. The highest BCUT2D eigenvalue weighted by Gasteiger charge is 2.03. The van der Waals surface area contributed by atoms with Gasteiger partial charge in [0.05, 0.1) is 6.61 Å². The molecule has 106 valence electrons. The Morgan fingerprint density at radius 3 is 2.55 bits per heavy atom. The van der Waals surface area contributed by atoms with Gasteiger partial charge in [0.1, 0.15) is 11.6 Å². The molecule has 0 atom stereocenters. The van der Waals surface area contributed by atoms with Crippen LogP contribution in [-0.4, -0.2) is 6.61 Å². The number of hydrogen-bond acceptors (Lipinski definition) is 2. The minimum absolute atomic E-state index is 0.182. The smallest absolute Gasteiger partial charge is 0.128 e. The van der Waals surface area contributed by atoms with Crippen LogP contribution >= 0.6 is 0 Å². The average Bonchev–Trinajstić information content (AvgIpc) is 2.48. The van der Waals surface area contributed by atoms with Gasteiger partial charge in [-0.3, -0.25) is 0 Å². The lowest BCUT2D eigenvalue weighted by atomic mass is 10.1. The van der Waals surface area contributed by atoms with Crippen LogP contribution in [-0.2, 0) is 6.54 Å². The molecule has 0 heterocycles. The number of benzene rings is 2. The van der Waals surface area contributed by atoms with E-state index in [1.54, 1.807) is 13.0 Å². The molecule has 0 aromatic heterocycles. The third kappa shape index (κ3) is 3.73.